The van der Waals surface area contributed by atoms with E-state index in [0.717, 1.165) is 0 Å². The molecule has 0 aromatic rings. The standard InChI is InChI=1S/C12H20FNO4/c1-12(2,3)18-11(16)14-6-5-9(13)8(7-14)10(15)17-4/h8-9H,5-7H2,1-4H3/t8-,9-/m1/s1. The molecule has 0 saturated carbocycles. The molecule has 0 aliphatic carbocycles. The predicted molar refractivity (Wildman–Crippen MR) is 62.8 cm³/mol. The van der Waals surface area contributed by atoms with Crippen molar-refractivity contribution in [2.45, 2.75) is 39.0 Å². The van der Waals surface area contributed by atoms with Gasteiger partial charge in [0.2, 0.25) is 0 Å². The van der Waals surface area contributed by atoms with Crippen molar-refractivity contribution in [1.82, 2.24) is 4.90 Å². The molecule has 0 aromatic carbocycles. The summed E-state index contributed by atoms with van der Waals surface area (Å²) in [6.45, 7) is 5.52. The number of rotatable bonds is 1. The number of carbonyl (C=O) groups excluding carboxylic acids is 2. The van der Waals surface area contributed by atoms with Crippen LogP contribution in [0.4, 0.5) is 9.18 Å². The highest BCUT2D eigenvalue weighted by molar-refractivity contribution is 5.75. The highest BCUT2D eigenvalue weighted by atomic mass is 19.1. The quantitative estimate of drug-likeness (QED) is 0.675. The Morgan fingerprint density at radius 1 is 1.33 bits per heavy atom. The molecule has 0 aromatic heterocycles. The molecule has 5 nitrogen and oxygen atoms in total. The Balaban J connectivity index is 2.64. The number of ether oxygens (including phenoxy) is 2. The summed E-state index contributed by atoms with van der Waals surface area (Å²) in [6.07, 6.45) is -1.67. The van der Waals surface area contributed by atoms with Gasteiger partial charge in [-0.3, -0.25) is 4.79 Å². The third-order valence-electron chi connectivity index (χ3n) is 2.68. The first-order valence-electron chi connectivity index (χ1n) is 5.94. The summed E-state index contributed by atoms with van der Waals surface area (Å²) in [6, 6.07) is 0. The summed E-state index contributed by atoms with van der Waals surface area (Å²) in [4.78, 5) is 24.5. The molecule has 0 bridgehead atoms. The van der Waals surface area contributed by atoms with E-state index >= 15 is 0 Å². The molecule has 0 spiro atoms. The molecule has 1 saturated heterocycles. The molecule has 1 aliphatic rings. The van der Waals surface area contributed by atoms with Crippen LogP contribution in [-0.4, -0.2) is 48.9 Å². The number of esters is 1. The Kier molecular flexibility index (Phi) is 4.53. The summed E-state index contributed by atoms with van der Waals surface area (Å²) < 4.78 is 23.3. The Bertz CT molecular complexity index is 327. The summed E-state index contributed by atoms with van der Waals surface area (Å²) in [5.41, 5.74) is -0.607. The SMILES string of the molecule is COC(=O)[C@@H]1CN(C(=O)OC(C)(C)C)CC[C@H]1F. The molecule has 18 heavy (non-hydrogen) atoms. The fourth-order valence-corrected chi connectivity index (χ4v) is 1.79. The maximum absolute atomic E-state index is 13.6. The van der Waals surface area contributed by atoms with E-state index in [1.807, 2.05) is 0 Å². The van der Waals surface area contributed by atoms with Gasteiger partial charge in [0.05, 0.1) is 7.11 Å². The zero-order chi connectivity index (χ0) is 13.9. The van der Waals surface area contributed by atoms with Gasteiger partial charge >= 0.3 is 12.1 Å². The van der Waals surface area contributed by atoms with Crippen LogP contribution < -0.4 is 0 Å². The van der Waals surface area contributed by atoms with Crippen LogP contribution in [0.5, 0.6) is 0 Å². The maximum Gasteiger partial charge on any atom is 0.410 e. The molecule has 104 valence electrons. The smallest absolute Gasteiger partial charge is 0.410 e. The number of likely N-dealkylation sites (tertiary alicyclic amines) is 1. The molecule has 0 N–H and O–H groups in total. The molecule has 1 heterocycles. The monoisotopic (exact) mass is 261 g/mol. The molecular weight excluding hydrogens is 241 g/mol. The van der Waals surface area contributed by atoms with Crippen LogP contribution in [0.3, 0.4) is 0 Å². The fourth-order valence-electron chi connectivity index (χ4n) is 1.79. The molecule has 0 unspecified atom stereocenters. The Hall–Kier alpha value is -1.33. The van der Waals surface area contributed by atoms with E-state index in [1.54, 1.807) is 20.8 Å². The van der Waals surface area contributed by atoms with E-state index < -0.39 is 29.8 Å². The Labute approximate surface area is 106 Å². The zero-order valence-electron chi connectivity index (χ0n) is 11.2. The first-order chi connectivity index (χ1) is 8.24. The van der Waals surface area contributed by atoms with Crippen LogP contribution >= 0.6 is 0 Å². The van der Waals surface area contributed by atoms with E-state index in [9.17, 15) is 14.0 Å². The first kappa shape index (κ1) is 14.7. The summed E-state index contributed by atoms with van der Waals surface area (Å²) in [5, 5.41) is 0. The average Bonchev–Trinajstić information content (AvgIpc) is 2.26. The van der Waals surface area contributed by atoms with Crippen LogP contribution in [0, 0.1) is 5.92 Å². The maximum atomic E-state index is 13.6. The highest BCUT2D eigenvalue weighted by Crippen LogP contribution is 2.23. The van der Waals surface area contributed by atoms with Gasteiger partial charge in [-0.05, 0) is 27.2 Å². The first-order valence-corrected chi connectivity index (χ1v) is 5.94. The van der Waals surface area contributed by atoms with Gasteiger partial charge in [-0.1, -0.05) is 0 Å². The van der Waals surface area contributed by atoms with E-state index in [2.05, 4.69) is 4.74 Å². The number of nitrogens with zero attached hydrogens (tertiary/aromatic N) is 1. The molecule has 1 amide bonds. The van der Waals surface area contributed by atoms with Crippen LogP contribution in [0.25, 0.3) is 0 Å². The van der Waals surface area contributed by atoms with Gasteiger partial charge in [0, 0.05) is 13.1 Å². The molecule has 1 rings (SSSR count). The number of hydrogen-bond donors (Lipinski definition) is 0. The number of hydrogen-bond acceptors (Lipinski definition) is 4. The number of piperidine rings is 1. The van der Waals surface area contributed by atoms with E-state index in [4.69, 9.17) is 4.74 Å². The molecule has 6 heteroatoms. The second-order valence-corrected chi connectivity index (χ2v) is 5.36. The lowest BCUT2D eigenvalue weighted by molar-refractivity contribution is -0.149. The van der Waals surface area contributed by atoms with E-state index in [0.29, 0.717) is 0 Å². The van der Waals surface area contributed by atoms with Crippen molar-refractivity contribution in [2.24, 2.45) is 5.92 Å². The van der Waals surface area contributed by atoms with Crippen LogP contribution in [0.1, 0.15) is 27.2 Å². The third-order valence-corrected chi connectivity index (χ3v) is 2.68. The minimum atomic E-state index is -1.27. The van der Waals surface area contributed by atoms with Crippen LogP contribution in [0.15, 0.2) is 0 Å². The highest BCUT2D eigenvalue weighted by Gasteiger charge is 2.38. The minimum absolute atomic E-state index is 0.00273. The lowest BCUT2D eigenvalue weighted by Crippen LogP contribution is -2.49. The molecule has 2 atom stereocenters. The number of carbonyl (C=O) groups is 2. The second kappa shape index (κ2) is 5.54. The lowest BCUT2D eigenvalue weighted by Gasteiger charge is -2.34. The van der Waals surface area contributed by atoms with Crippen LogP contribution in [0.2, 0.25) is 0 Å². The summed E-state index contributed by atoms with van der Waals surface area (Å²) in [7, 11) is 1.21. The van der Waals surface area contributed by atoms with Crippen molar-refractivity contribution in [1.29, 1.82) is 0 Å². The van der Waals surface area contributed by atoms with Crippen LogP contribution in [-0.2, 0) is 14.3 Å². The van der Waals surface area contributed by atoms with Crippen molar-refractivity contribution < 1.29 is 23.5 Å². The second-order valence-electron chi connectivity index (χ2n) is 5.36. The van der Waals surface area contributed by atoms with Crippen molar-refractivity contribution in [3.05, 3.63) is 0 Å². The fraction of sp³-hybridized carbons (Fsp3) is 0.833. The number of methoxy groups -OCH3 is 1. The van der Waals surface area contributed by atoms with Gasteiger partial charge in [-0.15, -0.1) is 0 Å². The molecule has 0 radical (unpaired) electrons. The Morgan fingerprint density at radius 3 is 2.44 bits per heavy atom. The van der Waals surface area contributed by atoms with Gasteiger partial charge in [0.1, 0.15) is 17.7 Å². The van der Waals surface area contributed by atoms with Gasteiger partial charge in [0.15, 0.2) is 0 Å². The average molecular weight is 261 g/mol. The number of halogens is 1. The Morgan fingerprint density at radius 2 is 1.94 bits per heavy atom. The molecular formula is C12H20FNO4. The van der Waals surface area contributed by atoms with Crippen molar-refractivity contribution in [3.8, 4) is 0 Å². The third kappa shape index (κ3) is 3.85. The van der Waals surface area contributed by atoms with Crippen molar-refractivity contribution in [2.75, 3.05) is 20.2 Å². The molecule has 1 aliphatic heterocycles. The van der Waals surface area contributed by atoms with Gasteiger partial charge in [-0.25, -0.2) is 9.18 Å². The minimum Gasteiger partial charge on any atom is -0.469 e. The van der Waals surface area contributed by atoms with Gasteiger partial charge in [0.25, 0.3) is 0 Å². The summed E-state index contributed by atoms with van der Waals surface area (Å²) in [5.74, 6) is -1.55. The normalized spacial score (nSPS) is 24.6. The topological polar surface area (TPSA) is 55.8 Å². The van der Waals surface area contributed by atoms with Gasteiger partial charge in [-0.2, -0.15) is 0 Å². The number of alkyl halides is 1. The zero-order valence-corrected chi connectivity index (χ0v) is 11.2. The lowest BCUT2D eigenvalue weighted by atomic mass is 9.96. The van der Waals surface area contributed by atoms with Crippen molar-refractivity contribution >= 4 is 12.1 Å². The largest absolute Gasteiger partial charge is 0.469 e. The van der Waals surface area contributed by atoms with Crippen molar-refractivity contribution in [3.63, 3.8) is 0 Å². The van der Waals surface area contributed by atoms with E-state index in [-0.39, 0.29) is 19.5 Å². The summed E-state index contributed by atoms with van der Waals surface area (Å²) >= 11 is 0. The van der Waals surface area contributed by atoms with E-state index in [1.165, 1.54) is 12.0 Å². The molecule has 1 fully saturated rings. The predicted octanol–water partition coefficient (Wildman–Crippen LogP) is 1.75. The van der Waals surface area contributed by atoms with Gasteiger partial charge < -0.3 is 14.4 Å². The number of amides is 1.